The standard InChI is InChI=1S/C6H4F3NO3/c7-6(8,9)1-3-2-13-10-4(3)5(11)12/h2H,1H2,(H,11,12)/p-1. The van der Waals surface area contributed by atoms with E-state index in [1.807, 2.05) is 0 Å². The first-order chi connectivity index (χ1) is 5.90. The van der Waals surface area contributed by atoms with Gasteiger partial charge in [-0.15, -0.1) is 0 Å². The number of carboxylic acids is 1. The van der Waals surface area contributed by atoms with Gasteiger partial charge < -0.3 is 14.4 Å². The van der Waals surface area contributed by atoms with Crippen molar-refractivity contribution in [3.63, 3.8) is 0 Å². The van der Waals surface area contributed by atoms with Gasteiger partial charge in [0.25, 0.3) is 0 Å². The lowest BCUT2D eigenvalue weighted by molar-refractivity contribution is -0.255. The van der Waals surface area contributed by atoms with Crippen molar-refractivity contribution in [1.82, 2.24) is 5.16 Å². The van der Waals surface area contributed by atoms with Crippen LogP contribution < -0.4 is 5.11 Å². The number of aromatic nitrogens is 1. The summed E-state index contributed by atoms with van der Waals surface area (Å²) in [5.41, 5.74) is -1.34. The molecule has 0 aliphatic carbocycles. The Bertz CT molecular complexity index is 317. The van der Waals surface area contributed by atoms with Crippen molar-refractivity contribution in [1.29, 1.82) is 0 Å². The van der Waals surface area contributed by atoms with Crippen molar-refractivity contribution in [3.05, 3.63) is 17.5 Å². The maximum absolute atomic E-state index is 11.8. The van der Waals surface area contributed by atoms with Crippen LogP contribution in [0.2, 0.25) is 0 Å². The van der Waals surface area contributed by atoms with Crippen LogP contribution >= 0.6 is 0 Å². The van der Waals surface area contributed by atoms with Gasteiger partial charge in [0.05, 0.1) is 12.4 Å². The molecule has 1 rings (SSSR count). The first kappa shape index (κ1) is 9.56. The third-order valence-electron chi connectivity index (χ3n) is 1.23. The van der Waals surface area contributed by atoms with Crippen molar-refractivity contribution in [2.75, 3.05) is 0 Å². The Morgan fingerprint density at radius 3 is 2.69 bits per heavy atom. The minimum absolute atomic E-state index is 0.535. The van der Waals surface area contributed by atoms with E-state index in [2.05, 4.69) is 9.68 Å². The molecule has 0 N–H and O–H groups in total. The zero-order valence-corrected chi connectivity index (χ0v) is 6.09. The van der Waals surface area contributed by atoms with Gasteiger partial charge in [-0.2, -0.15) is 13.2 Å². The quantitative estimate of drug-likeness (QED) is 0.671. The topological polar surface area (TPSA) is 66.2 Å². The average Bonchev–Trinajstić information content (AvgIpc) is 2.31. The van der Waals surface area contributed by atoms with Crippen molar-refractivity contribution in [2.24, 2.45) is 0 Å². The average molecular weight is 194 g/mol. The van der Waals surface area contributed by atoms with Crippen molar-refractivity contribution >= 4 is 5.97 Å². The van der Waals surface area contributed by atoms with E-state index in [4.69, 9.17) is 0 Å². The molecule has 1 aromatic rings. The predicted molar refractivity (Wildman–Crippen MR) is 30.6 cm³/mol. The summed E-state index contributed by atoms with van der Waals surface area (Å²) in [6.45, 7) is 0. The van der Waals surface area contributed by atoms with Crippen molar-refractivity contribution in [2.45, 2.75) is 12.6 Å². The van der Waals surface area contributed by atoms with Gasteiger partial charge in [0, 0.05) is 5.56 Å². The van der Waals surface area contributed by atoms with Gasteiger partial charge in [-0.05, 0) is 0 Å². The van der Waals surface area contributed by atoms with Gasteiger partial charge in [-0.3, -0.25) is 0 Å². The highest BCUT2D eigenvalue weighted by Crippen LogP contribution is 2.22. The third kappa shape index (κ3) is 2.46. The summed E-state index contributed by atoms with van der Waals surface area (Å²) in [6.07, 6.45) is -5.24. The number of carboxylic acid groups (broad SMARTS) is 1. The highest BCUT2D eigenvalue weighted by Gasteiger charge is 2.30. The third-order valence-corrected chi connectivity index (χ3v) is 1.23. The second-order valence-corrected chi connectivity index (χ2v) is 2.27. The number of nitrogens with zero attached hydrogens (tertiary/aromatic N) is 1. The number of carbonyl (C=O) groups excluding carboxylic acids is 1. The van der Waals surface area contributed by atoms with Gasteiger partial charge >= 0.3 is 6.18 Å². The molecule has 0 atom stereocenters. The minimum atomic E-state index is -4.49. The fraction of sp³-hybridized carbons (Fsp3) is 0.333. The van der Waals surface area contributed by atoms with E-state index in [1.54, 1.807) is 0 Å². The highest BCUT2D eigenvalue weighted by atomic mass is 19.4. The van der Waals surface area contributed by atoms with E-state index in [9.17, 15) is 23.1 Å². The number of rotatable bonds is 2. The van der Waals surface area contributed by atoms with E-state index in [0.717, 1.165) is 0 Å². The van der Waals surface area contributed by atoms with Crippen LogP contribution in [0.1, 0.15) is 16.1 Å². The molecule has 0 aromatic carbocycles. The first-order valence-corrected chi connectivity index (χ1v) is 3.11. The Labute approximate surface area is 69.9 Å². The number of carbonyl (C=O) groups is 1. The summed E-state index contributed by atoms with van der Waals surface area (Å²) in [4.78, 5) is 10.2. The molecule has 0 spiro atoms. The zero-order valence-electron chi connectivity index (χ0n) is 6.09. The van der Waals surface area contributed by atoms with Gasteiger partial charge in [-0.1, -0.05) is 5.16 Å². The molecule has 0 aliphatic rings. The molecule has 0 bridgehead atoms. The van der Waals surface area contributed by atoms with E-state index in [-0.39, 0.29) is 0 Å². The largest absolute Gasteiger partial charge is 0.543 e. The van der Waals surface area contributed by atoms with Gasteiger partial charge in [0.1, 0.15) is 12.0 Å². The highest BCUT2D eigenvalue weighted by molar-refractivity contribution is 5.84. The van der Waals surface area contributed by atoms with Crippen molar-refractivity contribution < 1.29 is 27.6 Å². The van der Waals surface area contributed by atoms with Crippen LogP contribution in [0.15, 0.2) is 10.8 Å². The smallest absolute Gasteiger partial charge is 0.393 e. The lowest BCUT2D eigenvalue weighted by atomic mass is 10.2. The number of halogens is 3. The molecule has 0 unspecified atom stereocenters. The summed E-state index contributed by atoms with van der Waals surface area (Å²) < 4.78 is 39.4. The Kier molecular flexibility index (Phi) is 2.26. The second-order valence-electron chi connectivity index (χ2n) is 2.27. The SMILES string of the molecule is O=C([O-])c1nocc1CC(F)(F)F. The maximum atomic E-state index is 11.8. The van der Waals surface area contributed by atoms with Crippen LogP contribution in [-0.4, -0.2) is 17.3 Å². The fourth-order valence-electron chi connectivity index (χ4n) is 0.767. The molecule has 1 heterocycles. The molecule has 72 valence electrons. The van der Waals surface area contributed by atoms with Crippen LogP contribution in [-0.2, 0) is 6.42 Å². The van der Waals surface area contributed by atoms with E-state index < -0.39 is 29.8 Å². The number of hydrogen-bond acceptors (Lipinski definition) is 4. The van der Waals surface area contributed by atoms with E-state index in [1.165, 1.54) is 0 Å². The predicted octanol–water partition coefficient (Wildman–Crippen LogP) is 0.143. The first-order valence-electron chi connectivity index (χ1n) is 3.11. The summed E-state index contributed by atoms with van der Waals surface area (Å²) in [5.74, 6) is -1.78. The fourth-order valence-corrected chi connectivity index (χ4v) is 0.767. The molecule has 0 radical (unpaired) electrons. The molecule has 0 fully saturated rings. The number of hydrogen-bond donors (Lipinski definition) is 0. The Morgan fingerprint density at radius 2 is 2.23 bits per heavy atom. The number of alkyl halides is 3. The van der Waals surface area contributed by atoms with E-state index >= 15 is 0 Å². The van der Waals surface area contributed by atoms with E-state index in [0.29, 0.717) is 6.26 Å². The molecule has 4 nitrogen and oxygen atoms in total. The second kappa shape index (κ2) is 3.08. The molecular formula is C6H3F3NO3-. The van der Waals surface area contributed by atoms with Gasteiger partial charge in [0.2, 0.25) is 0 Å². The number of aromatic carboxylic acids is 1. The Hall–Kier alpha value is -1.53. The molecule has 1 aromatic heterocycles. The van der Waals surface area contributed by atoms with Crippen LogP contribution in [0, 0.1) is 0 Å². The molecule has 0 aliphatic heterocycles. The molecule has 13 heavy (non-hydrogen) atoms. The molecular weight excluding hydrogens is 191 g/mol. The molecule has 0 amide bonds. The lowest BCUT2D eigenvalue weighted by Gasteiger charge is -2.04. The minimum Gasteiger partial charge on any atom is -0.543 e. The summed E-state index contributed by atoms with van der Waals surface area (Å²) >= 11 is 0. The van der Waals surface area contributed by atoms with Gasteiger partial charge in [-0.25, -0.2) is 0 Å². The monoisotopic (exact) mass is 194 g/mol. The summed E-state index contributed by atoms with van der Waals surface area (Å²) in [5, 5.41) is 13.0. The maximum Gasteiger partial charge on any atom is 0.393 e. The Morgan fingerprint density at radius 1 is 1.62 bits per heavy atom. The van der Waals surface area contributed by atoms with Crippen LogP contribution in [0.3, 0.4) is 0 Å². The molecule has 0 saturated carbocycles. The van der Waals surface area contributed by atoms with Crippen LogP contribution in [0.5, 0.6) is 0 Å². The van der Waals surface area contributed by atoms with Crippen LogP contribution in [0.25, 0.3) is 0 Å². The zero-order chi connectivity index (χ0) is 10.1. The Balaban J connectivity index is 2.89. The lowest BCUT2D eigenvalue weighted by Crippen LogP contribution is -2.25. The van der Waals surface area contributed by atoms with Gasteiger partial charge in [0.15, 0.2) is 0 Å². The summed E-state index contributed by atoms with van der Waals surface area (Å²) in [6, 6.07) is 0. The molecule has 7 heteroatoms. The van der Waals surface area contributed by atoms with Crippen molar-refractivity contribution in [3.8, 4) is 0 Å². The normalized spacial score (nSPS) is 11.6. The van der Waals surface area contributed by atoms with Crippen LogP contribution in [0.4, 0.5) is 13.2 Å². The molecule has 0 saturated heterocycles. The summed E-state index contributed by atoms with van der Waals surface area (Å²) in [7, 11) is 0.